The number of halogens is 1. The Morgan fingerprint density at radius 3 is 2.88 bits per heavy atom. The molecule has 0 aliphatic heterocycles. The second kappa shape index (κ2) is 5.57. The number of rotatable bonds is 4. The normalized spacial score (nSPS) is 11.9. The molecule has 86 valence electrons. The zero-order valence-corrected chi connectivity index (χ0v) is 9.77. The van der Waals surface area contributed by atoms with Crippen molar-refractivity contribution in [2.75, 3.05) is 5.32 Å². The Morgan fingerprint density at radius 2 is 2.31 bits per heavy atom. The van der Waals surface area contributed by atoms with Crippen molar-refractivity contribution in [3.8, 4) is 0 Å². The first-order valence-corrected chi connectivity index (χ1v) is 5.18. The molecule has 1 rings (SSSR count). The molecule has 0 fully saturated rings. The standard InChI is InChI=1S/C9H10BrN3O3/c10-8-6(2-1-3-12-8)13-9(16)5(11)4-7(14)15/h1-3,5H,4,11H2,(H,13,16)(H,14,15). The molecule has 0 spiro atoms. The van der Waals surface area contributed by atoms with Gasteiger partial charge in [-0.2, -0.15) is 0 Å². The Kier molecular flexibility index (Phi) is 4.39. The molecular formula is C9H10BrN3O3. The third-order valence-corrected chi connectivity index (χ3v) is 2.38. The average Bonchev–Trinajstić information content (AvgIpc) is 2.20. The second-order valence-corrected chi connectivity index (χ2v) is 3.79. The van der Waals surface area contributed by atoms with Crippen LogP contribution in [0.3, 0.4) is 0 Å². The molecule has 4 N–H and O–H groups in total. The molecule has 1 amide bonds. The van der Waals surface area contributed by atoms with Crippen LogP contribution in [-0.4, -0.2) is 28.0 Å². The molecule has 6 nitrogen and oxygen atoms in total. The number of anilines is 1. The van der Waals surface area contributed by atoms with Crippen molar-refractivity contribution in [3.05, 3.63) is 22.9 Å². The fourth-order valence-electron chi connectivity index (χ4n) is 0.986. The highest BCUT2D eigenvalue weighted by molar-refractivity contribution is 9.10. The number of amides is 1. The number of nitrogens with one attached hydrogen (secondary N) is 1. The van der Waals surface area contributed by atoms with E-state index in [1.807, 2.05) is 0 Å². The van der Waals surface area contributed by atoms with E-state index in [1.54, 1.807) is 18.3 Å². The van der Waals surface area contributed by atoms with Crippen LogP contribution in [0.2, 0.25) is 0 Å². The highest BCUT2D eigenvalue weighted by Crippen LogP contribution is 2.18. The number of carbonyl (C=O) groups excluding carboxylic acids is 1. The number of nitrogens with zero attached hydrogens (tertiary/aromatic N) is 1. The third kappa shape index (κ3) is 3.59. The van der Waals surface area contributed by atoms with Crippen LogP contribution in [0, 0.1) is 0 Å². The van der Waals surface area contributed by atoms with Crippen molar-refractivity contribution < 1.29 is 14.7 Å². The fraction of sp³-hybridized carbons (Fsp3) is 0.222. The number of aliphatic carboxylic acids is 1. The molecule has 7 heteroatoms. The average molecular weight is 288 g/mol. The minimum atomic E-state index is -1.12. The molecule has 1 aromatic heterocycles. The number of carboxylic acid groups (broad SMARTS) is 1. The van der Waals surface area contributed by atoms with Gasteiger partial charge in [-0.1, -0.05) is 0 Å². The van der Waals surface area contributed by atoms with E-state index in [0.29, 0.717) is 10.3 Å². The first-order valence-electron chi connectivity index (χ1n) is 4.39. The molecule has 0 aliphatic carbocycles. The van der Waals surface area contributed by atoms with Crippen molar-refractivity contribution in [3.63, 3.8) is 0 Å². The van der Waals surface area contributed by atoms with Crippen LogP contribution in [0.5, 0.6) is 0 Å². The molecule has 0 radical (unpaired) electrons. The summed E-state index contributed by atoms with van der Waals surface area (Å²) in [5.41, 5.74) is 5.84. The summed E-state index contributed by atoms with van der Waals surface area (Å²) in [6.07, 6.45) is 1.14. The van der Waals surface area contributed by atoms with Gasteiger partial charge in [-0.3, -0.25) is 9.59 Å². The number of pyridine rings is 1. The molecule has 1 aromatic rings. The van der Waals surface area contributed by atoms with Gasteiger partial charge < -0.3 is 16.2 Å². The van der Waals surface area contributed by atoms with E-state index < -0.39 is 24.3 Å². The quantitative estimate of drug-likeness (QED) is 0.703. The molecule has 0 bridgehead atoms. The molecule has 0 saturated heterocycles. The van der Waals surface area contributed by atoms with Gasteiger partial charge in [0.25, 0.3) is 0 Å². The van der Waals surface area contributed by atoms with Crippen LogP contribution in [0.15, 0.2) is 22.9 Å². The topological polar surface area (TPSA) is 105 Å². The van der Waals surface area contributed by atoms with Crippen molar-refractivity contribution in [2.24, 2.45) is 5.73 Å². The van der Waals surface area contributed by atoms with Gasteiger partial charge in [0.2, 0.25) is 5.91 Å². The van der Waals surface area contributed by atoms with Crippen molar-refractivity contribution in [1.82, 2.24) is 4.98 Å². The Balaban J connectivity index is 2.64. The van der Waals surface area contributed by atoms with Crippen molar-refractivity contribution in [2.45, 2.75) is 12.5 Å². The number of carboxylic acids is 1. The highest BCUT2D eigenvalue weighted by Gasteiger charge is 2.17. The molecule has 1 atom stereocenters. The minimum Gasteiger partial charge on any atom is -0.481 e. The van der Waals surface area contributed by atoms with Crippen LogP contribution < -0.4 is 11.1 Å². The summed E-state index contributed by atoms with van der Waals surface area (Å²) < 4.78 is 0.464. The van der Waals surface area contributed by atoms with E-state index in [2.05, 4.69) is 26.2 Å². The van der Waals surface area contributed by atoms with Crippen LogP contribution in [0.4, 0.5) is 5.69 Å². The minimum absolute atomic E-state index is 0.413. The van der Waals surface area contributed by atoms with E-state index in [0.717, 1.165) is 0 Å². The third-order valence-electron chi connectivity index (χ3n) is 1.75. The lowest BCUT2D eigenvalue weighted by atomic mass is 10.2. The first-order chi connectivity index (χ1) is 7.50. The summed E-state index contributed by atoms with van der Waals surface area (Å²) in [5, 5.41) is 11.0. The second-order valence-electron chi connectivity index (χ2n) is 3.04. The van der Waals surface area contributed by atoms with Crippen LogP contribution >= 0.6 is 15.9 Å². The van der Waals surface area contributed by atoms with Gasteiger partial charge in [-0.15, -0.1) is 0 Å². The predicted octanol–water partition coefficient (Wildman–Crippen LogP) is 0.585. The largest absolute Gasteiger partial charge is 0.481 e. The lowest BCUT2D eigenvalue weighted by Crippen LogP contribution is -2.37. The SMILES string of the molecule is NC(CC(=O)O)C(=O)Nc1cccnc1Br. The van der Waals surface area contributed by atoms with Gasteiger partial charge in [0, 0.05) is 6.20 Å². The number of aromatic nitrogens is 1. The summed E-state index contributed by atoms with van der Waals surface area (Å²) in [5.74, 6) is -1.68. The molecule has 1 heterocycles. The summed E-state index contributed by atoms with van der Waals surface area (Å²) in [6, 6.07) is 2.19. The van der Waals surface area contributed by atoms with E-state index in [9.17, 15) is 9.59 Å². The molecule has 1 unspecified atom stereocenters. The maximum atomic E-state index is 11.5. The first kappa shape index (κ1) is 12.6. The number of carbonyl (C=O) groups is 2. The lowest BCUT2D eigenvalue weighted by Gasteiger charge is -2.10. The van der Waals surface area contributed by atoms with Gasteiger partial charge in [-0.25, -0.2) is 4.98 Å². The molecule has 16 heavy (non-hydrogen) atoms. The van der Waals surface area contributed by atoms with E-state index >= 15 is 0 Å². The monoisotopic (exact) mass is 287 g/mol. The zero-order chi connectivity index (χ0) is 12.1. The van der Waals surface area contributed by atoms with E-state index in [-0.39, 0.29) is 0 Å². The Hall–Kier alpha value is -1.47. The van der Waals surface area contributed by atoms with Crippen molar-refractivity contribution in [1.29, 1.82) is 0 Å². The molecule has 0 saturated carbocycles. The van der Waals surface area contributed by atoms with Crippen molar-refractivity contribution >= 4 is 33.5 Å². The van der Waals surface area contributed by atoms with Gasteiger partial charge in [-0.05, 0) is 28.1 Å². The van der Waals surface area contributed by atoms with Gasteiger partial charge in [0.15, 0.2) is 0 Å². The molecular weight excluding hydrogens is 278 g/mol. The van der Waals surface area contributed by atoms with Gasteiger partial charge >= 0.3 is 5.97 Å². The maximum Gasteiger partial charge on any atom is 0.305 e. The van der Waals surface area contributed by atoms with Gasteiger partial charge in [0.1, 0.15) is 4.60 Å². The Morgan fingerprint density at radius 1 is 1.62 bits per heavy atom. The number of nitrogens with two attached hydrogens (primary N) is 1. The maximum absolute atomic E-state index is 11.5. The van der Waals surface area contributed by atoms with Gasteiger partial charge in [0.05, 0.1) is 18.2 Å². The fourth-order valence-corrected chi connectivity index (χ4v) is 1.34. The van der Waals surface area contributed by atoms with Crippen LogP contribution in [-0.2, 0) is 9.59 Å². The smallest absolute Gasteiger partial charge is 0.305 e. The zero-order valence-electron chi connectivity index (χ0n) is 8.18. The van der Waals surface area contributed by atoms with E-state index in [1.165, 1.54) is 0 Å². The van der Waals surface area contributed by atoms with Crippen LogP contribution in [0.1, 0.15) is 6.42 Å². The number of hydrogen-bond acceptors (Lipinski definition) is 4. The summed E-state index contributed by atoms with van der Waals surface area (Å²) >= 11 is 3.14. The Bertz CT molecular complexity index is 411. The summed E-state index contributed by atoms with van der Waals surface area (Å²) in [7, 11) is 0. The highest BCUT2D eigenvalue weighted by atomic mass is 79.9. The Labute approximate surface area is 100.0 Å². The summed E-state index contributed by atoms with van der Waals surface area (Å²) in [6.45, 7) is 0. The summed E-state index contributed by atoms with van der Waals surface area (Å²) in [4.78, 5) is 25.7. The lowest BCUT2D eigenvalue weighted by molar-refractivity contribution is -0.138. The number of hydrogen-bond donors (Lipinski definition) is 3. The predicted molar refractivity (Wildman–Crippen MR) is 60.8 cm³/mol. The van der Waals surface area contributed by atoms with Crippen LogP contribution in [0.25, 0.3) is 0 Å². The molecule has 0 aliphatic rings. The van der Waals surface area contributed by atoms with E-state index in [4.69, 9.17) is 10.8 Å². The molecule has 0 aromatic carbocycles.